The summed E-state index contributed by atoms with van der Waals surface area (Å²) in [5.74, 6) is -3.24. The molecular formula is C22H39N3O5S. The van der Waals surface area contributed by atoms with Gasteiger partial charge in [0, 0.05) is 0 Å². The van der Waals surface area contributed by atoms with Crippen LogP contribution < -0.4 is 16.4 Å². The second-order valence-electron chi connectivity index (χ2n) is 9.30. The van der Waals surface area contributed by atoms with Crippen LogP contribution in [0, 0.1) is 23.7 Å². The number of thiol groups is 1. The van der Waals surface area contributed by atoms with Crippen LogP contribution >= 0.6 is 12.6 Å². The van der Waals surface area contributed by atoms with E-state index in [1.165, 1.54) is 0 Å². The summed E-state index contributed by atoms with van der Waals surface area (Å²) in [4.78, 5) is 61.6. The molecule has 4 N–H and O–H groups in total. The SMILES string of the molecule is CC(C)CC(C(=O)CS)C(=O)N[C@@H](CC(C)C)C(=O)N[C@@H](CC(C)C)C(=O)CC(N)=O. The van der Waals surface area contributed by atoms with Crippen molar-refractivity contribution >= 4 is 41.9 Å². The zero-order valence-corrected chi connectivity index (χ0v) is 20.5. The molecule has 9 heteroatoms. The van der Waals surface area contributed by atoms with Gasteiger partial charge in [0.15, 0.2) is 11.6 Å². The highest BCUT2D eigenvalue weighted by atomic mass is 32.1. The van der Waals surface area contributed by atoms with Crippen molar-refractivity contribution in [1.82, 2.24) is 10.6 Å². The first-order chi connectivity index (χ1) is 14.3. The fourth-order valence-electron chi connectivity index (χ4n) is 3.25. The Bertz CT molecular complexity index is 649. The maximum Gasteiger partial charge on any atom is 0.243 e. The van der Waals surface area contributed by atoms with Crippen LogP contribution in [0.3, 0.4) is 0 Å². The number of rotatable bonds is 15. The normalized spacial score (nSPS) is 14.3. The molecule has 3 atom stereocenters. The van der Waals surface area contributed by atoms with E-state index in [1.807, 2.05) is 41.5 Å². The smallest absolute Gasteiger partial charge is 0.243 e. The Morgan fingerprint density at radius 3 is 1.58 bits per heavy atom. The summed E-state index contributed by atoms with van der Waals surface area (Å²) in [6, 6.07) is -1.79. The predicted molar refractivity (Wildman–Crippen MR) is 123 cm³/mol. The van der Waals surface area contributed by atoms with Gasteiger partial charge in [-0.3, -0.25) is 24.0 Å². The Morgan fingerprint density at radius 2 is 1.16 bits per heavy atom. The van der Waals surface area contributed by atoms with Gasteiger partial charge in [-0.15, -0.1) is 0 Å². The Hall–Kier alpha value is -1.90. The van der Waals surface area contributed by atoms with Crippen molar-refractivity contribution in [1.29, 1.82) is 0 Å². The number of amides is 3. The molecular weight excluding hydrogens is 418 g/mol. The minimum Gasteiger partial charge on any atom is -0.369 e. The molecule has 0 aromatic heterocycles. The highest BCUT2D eigenvalue weighted by molar-refractivity contribution is 7.81. The first kappa shape index (κ1) is 29.1. The molecule has 0 fully saturated rings. The number of primary amides is 1. The van der Waals surface area contributed by atoms with E-state index in [2.05, 4.69) is 23.3 Å². The minimum absolute atomic E-state index is 0.0655. The zero-order valence-electron chi connectivity index (χ0n) is 19.6. The van der Waals surface area contributed by atoms with Gasteiger partial charge < -0.3 is 16.4 Å². The number of carbonyl (C=O) groups excluding carboxylic acids is 5. The Labute approximate surface area is 191 Å². The van der Waals surface area contributed by atoms with Crippen LogP contribution in [0.4, 0.5) is 0 Å². The van der Waals surface area contributed by atoms with Gasteiger partial charge in [0.1, 0.15) is 6.04 Å². The fourth-order valence-corrected chi connectivity index (χ4v) is 3.47. The van der Waals surface area contributed by atoms with Crippen molar-refractivity contribution in [2.45, 2.75) is 79.3 Å². The highest BCUT2D eigenvalue weighted by Gasteiger charge is 2.32. The number of hydrogen-bond acceptors (Lipinski definition) is 6. The van der Waals surface area contributed by atoms with E-state index in [0.29, 0.717) is 19.3 Å². The maximum absolute atomic E-state index is 13.0. The molecule has 0 saturated carbocycles. The summed E-state index contributed by atoms with van der Waals surface area (Å²) in [5, 5.41) is 5.37. The second-order valence-corrected chi connectivity index (χ2v) is 9.61. The number of ketones is 2. The molecule has 3 amide bonds. The van der Waals surface area contributed by atoms with Crippen molar-refractivity contribution in [3.63, 3.8) is 0 Å². The zero-order chi connectivity index (χ0) is 24.3. The van der Waals surface area contributed by atoms with Gasteiger partial charge in [-0.2, -0.15) is 12.6 Å². The molecule has 0 bridgehead atoms. The van der Waals surface area contributed by atoms with Gasteiger partial charge in [-0.05, 0) is 37.0 Å². The van der Waals surface area contributed by atoms with E-state index in [1.54, 1.807) is 0 Å². The quantitative estimate of drug-likeness (QED) is 0.219. The average molecular weight is 458 g/mol. The summed E-state index contributed by atoms with van der Waals surface area (Å²) in [7, 11) is 0. The lowest BCUT2D eigenvalue weighted by Gasteiger charge is -2.26. The van der Waals surface area contributed by atoms with E-state index in [9.17, 15) is 24.0 Å². The summed E-state index contributed by atoms with van der Waals surface area (Å²) in [5.41, 5.74) is 5.13. The third-order valence-electron chi connectivity index (χ3n) is 4.67. The van der Waals surface area contributed by atoms with Crippen LogP contribution in [-0.2, 0) is 24.0 Å². The number of nitrogens with one attached hydrogen (secondary N) is 2. The molecule has 0 aromatic rings. The predicted octanol–water partition coefficient (Wildman–Crippen LogP) is 1.65. The van der Waals surface area contributed by atoms with Gasteiger partial charge in [-0.25, -0.2) is 0 Å². The van der Waals surface area contributed by atoms with E-state index in [4.69, 9.17) is 5.73 Å². The van der Waals surface area contributed by atoms with Crippen LogP contribution in [0.5, 0.6) is 0 Å². The molecule has 0 aromatic carbocycles. The van der Waals surface area contributed by atoms with Crippen molar-refractivity contribution in [3.05, 3.63) is 0 Å². The lowest BCUT2D eigenvalue weighted by Crippen LogP contribution is -2.54. The summed E-state index contributed by atoms with van der Waals surface area (Å²) < 4.78 is 0. The number of carbonyl (C=O) groups is 5. The Balaban J connectivity index is 5.56. The summed E-state index contributed by atoms with van der Waals surface area (Å²) in [6.45, 7) is 11.4. The first-order valence-corrected chi connectivity index (χ1v) is 11.5. The Kier molecular flexibility index (Phi) is 13.3. The Morgan fingerprint density at radius 1 is 0.710 bits per heavy atom. The molecule has 8 nitrogen and oxygen atoms in total. The molecule has 31 heavy (non-hydrogen) atoms. The van der Waals surface area contributed by atoms with Gasteiger partial charge in [0.25, 0.3) is 0 Å². The summed E-state index contributed by atoms with van der Waals surface area (Å²) >= 11 is 4.00. The lowest BCUT2D eigenvalue weighted by atomic mass is 9.92. The highest BCUT2D eigenvalue weighted by Crippen LogP contribution is 2.16. The molecule has 178 valence electrons. The molecule has 0 aliphatic heterocycles. The largest absolute Gasteiger partial charge is 0.369 e. The van der Waals surface area contributed by atoms with Crippen molar-refractivity contribution in [3.8, 4) is 0 Å². The van der Waals surface area contributed by atoms with Gasteiger partial charge in [0.05, 0.1) is 24.1 Å². The van der Waals surface area contributed by atoms with Crippen LogP contribution in [0.15, 0.2) is 0 Å². The monoisotopic (exact) mass is 457 g/mol. The molecule has 0 rings (SSSR count). The van der Waals surface area contributed by atoms with Crippen LogP contribution in [0.2, 0.25) is 0 Å². The number of nitrogens with two attached hydrogens (primary N) is 1. The molecule has 1 unspecified atom stereocenters. The maximum atomic E-state index is 13.0. The van der Waals surface area contributed by atoms with Crippen molar-refractivity contribution in [2.24, 2.45) is 29.4 Å². The molecule has 0 aliphatic carbocycles. The molecule has 0 saturated heterocycles. The standard InChI is InChI=1S/C22H39N3O5S/c1-12(2)7-15(19(27)11-31)21(29)25-17(9-14(5)6)22(30)24-16(8-13(3)4)18(26)10-20(23)28/h12-17,31H,7-11H2,1-6H3,(H2,23,28)(H,24,30)(H,25,29)/t15?,16-,17-/m0/s1. The van der Waals surface area contributed by atoms with Gasteiger partial charge in [0.2, 0.25) is 17.7 Å². The van der Waals surface area contributed by atoms with Crippen LogP contribution in [0.1, 0.15) is 67.2 Å². The third-order valence-corrected chi connectivity index (χ3v) is 4.98. The molecule has 0 radical (unpaired) electrons. The third kappa shape index (κ3) is 11.9. The molecule has 0 heterocycles. The van der Waals surface area contributed by atoms with Crippen LogP contribution in [-0.4, -0.2) is 47.1 Å². The minimum atomic E-state index is -0.911. The van der Waals surface area contributed by atoms with E-state index < -0.39 is 47.9 Å². The first-order valence-electron chi connectivity index (χ1n) is 10.8. The van der Waals surface area contributed by atoms with E-state index in [0.717, 1.165) is 0 Å². The van der Waals surface area contributed by atoms with Crippen molar-refractivity contribution < 1.29 is 24.0 Å². The van der Waals surface area contributed by atoms with E-state index in [-0.39, 0.29) is 29.3 Å². The fraction of sp³-hybridized carbons (Fsp3) is 0.773. The molecule has 0 aliphatic rings. The van der Waals surface area contributed by atoms with Crippen molar-refractivity contribution in [2.75, 3.05) is 5.75 Å². The van der Waals surface area contributed by atoms with Gasteiger partial charge in [-0.1, -0.05) is 41.5 Å². The molecule has 0 spiro atoms. The summed E-state index contributed by atoms with van der Waals surface area (Å²) in [6.07, 6.45) is 0.563. The number of hydrogen-bond donors (Lipinski definition) is 4. The lowest BCUT2D eigenvalue weighted by molar-refractivity contribution is -0.137. The van der Waals surface area contributed by atoms with E-state index >= 15 is 0 Å². The van der Waals surface area contributed by atoms with Gasteiger partial charge >= 0.3 is 0 Å². The number of Topliss-reactive ketones (excluding diaryl/α,β-unsaturated/α-hetero) is 2. The average Bonchev–Trinajstić information content (AvgIpc) is 2.62. The topological polar surface area (TPSA) is 135 Å². The second kappa shape index (κ2) is 14.2. The van der Waals surface area contributed by atoms with Crippen LogP contribution in [0.25, 0.3) is 0 Å².